The van der Waals surface area contributed by atoms with Gasteiger partial charge in [0.15, 0.2) is 0 Å². The topological polar surface area (TPSA) is 125 Å². The van der Waals surface area contributed by atoms with Gasteiger partial charge >= 0.3 is 18.1 Å². The molecule has 2 atom stereocenters. The van der Waals surface area contributed by atoms with Crippen molar-refractivity contribution in [1.82, 2.24) is 0 Å². The molecule has 0 saturated heterocycles. The lowest BCUT2D eigenvalue weighted by molar-refractivity contribution is -0.348. The number of hydrogen-bond donors (Lipinski definition) is 0. The Bertz CT molecular complexity index is 654. The Morgan fingerprint density at radius 2 is 1.00 bits per heavy atom. The van der Waals surface area contributed by atoms with Gasteiger partial charge < -0.3 is 18.9 Å². The second kappa shape index (κ2) is 14.7. The molecule has 34 heavy (non-hydrogen) atoms. The zero-order valence-corrected chi connectivity index (χ0v) is 21.4. The van der Waals surface area contributed by atoms with Crippen LogP contribution in [0.15, 0.2) is 24.3 Å². The highest BCUT2D eigenvalue weighted by Gasteiger charge is 2.23. The van der Waals surface area contributed by atoms with Crippen molar-refractivity contribution in [3.63, 3.8) is 0 Å². The van der Waals surface area contributed by atoms with Crippen LogP contribution < -0.4 is 0 Å². The molecule has 0 aromatic heterocycles. The van der Waals surface area contributed by atoms with Crippen molar-refractivity contribution in [2.24, 2.45) is 0 Å². The van der Waals surface area contributed by atoms with Crippen LogP contribution in [0.25, 0.3) is 0 Å². The summed E-state index contributed by atoms with van der Waals surface area (Å²) in [6, 6.07) is 0. The zero-order chi connectivity index (χ0) is 26.5. The highest BCUT2D eigenvalue weighted by Crippen LogP contribution is 2.15. The molecule has 196 valence electrons. The standard InChI is InChI=1S/C23H38O11/c1-11-22(7,8)33-27-13-15(3)19(24)29-17(5)31-21(26)32-18(6)30-20(25)16(4)14-28-34-23(9,10)12-2/h17-18H,3-4,11-14H2,1-2,5-10H3. The van der Waals surface area contributed by atoms with Crippen LogP contribution in [0.4, 0.5) is 4.79 Å². The Morgan fingerprint density at radius 3 is 1.29 bits per heavy atom. The summed E-state index contributed by atoms with van der Waals surface area (Å²) in [6.45, 7) is 20.3. The highest BCUT2D eigenvalue weighted by atomic mass is 17.2. The lowest BCUT2D eigenvalue weighted by Gasteiger charge is -2.22. The van der Waals surface area contributed by atoms with Crippen molar-refractivity contribution >= 4 is 18.1 Å². The van der Waals surface area contributed by atoms with Crippen molar-refractivity contribution in [3.05, 3.63) is 24.3 Å². The number of hydrogen-bond acceptors (Lipinski definition) is 11. The minimum atomic E-state index is -1.31. The smallest absolute Gasteiger partial charge is 0.422 e. The van der Waals surface area contributed by atoms with Gasteiger partial charge in [0.1, 0.15) is 13.2 Å². The molecule has 0 aromatic rings. The number of carbonyl (C=O) groups is 3. The highest BCUT2D eigenvalue weighted by molar-refractivity contribution is 5.88. The Balaban J connectivity index is 4.32. The Kier molecular flexibility index (Phi) is 13.6. The average Bonchev–Trinajstić information content (AvgIpc) is 2.72. The largest absolute Gasteiger partial charge is 0.514 e. The van der Waals surface area contributed by atoms with Gasteiger partial charge in [0, 0.05) is 13.8 Å². The third-order valence-corrected chi connectivity index (χ3v) is 4.39. The van der Waals surface area contributed by atoms with E-state index in [-0.39, 0.29) is 24.4 Å². The summed E-state index contributed by atoms with van der Waals surface area (Å²) in [5, 5.41) is 0. The molecule has 0 aliphatic carbocycles. The van der Waals surface area contributed by atoms with Gasteiger partial charge in [-0.3, -0.25) is 0 Å². The van der Waals surface area contributed by atoms with E-state index in [9.17, 15) is 14.4 Å². The fourth-order valence-corrected chi connectivity index (χ4v) is 1.57. The summed E-state index contributed by atoms with van der Waals surface area (Å²) in [4.78, 5) is 56.1. The Labute approximate surface area is 201 Å². The molecule has 0 aliphatic rings. The van der Waals surface area contributed by atoms with Crippen LogP contribution in [-0.2, 0) is 48.1 Å². The van der Waals surface area contributed by atoms with E-state index in [1.54, 1.807) is 0 Å². The van der Waals surface area contributed by atoms with Gasteiger partial charge in [-0.05, 0) is 40.5 Å². The fourth-order valence-electron chi connectivity index (χ4n) is 1.57. The van der Waals surface area contributed by atoms with Gasteiger partial charge in [0.2, 0.25) is 12.6 Å². The van der Waals surface area contributed by atoms with Crippen molar-refractivity contribution in [2.75, 3.05) is 13.2 Å². The van der Waals surface area contributed by atoms with E-state index < -0.39 is 41.9 Å². The van der Waals surface area contributed by atoms with Crippen molar-refractivity contribution in [3.8, 4) is 0 Å². The Hall–Kier alpha value is -2.47. The molecule has 0 fully saturated rings. The number of esters is 2. The summed E-state index contributed by atoms with van der Waals surface area (Å²) < 4.78 is 19.4. The van der Waals surface area contributed by atoms with E-state index in [1.165, 1.54) is 13.8 Å². The number of carbonyl (C=O) groups excluding carboxylic acids is 3. The maximum atomic E-state index is 12.0. The van der Waals surface area contributed by atoms with Crippen molar-refractivity contribution in [2.45, 2.75) is 92.0 Å². The molecular weight excluding hydrogens is 452 g/mol. The predicted molar refractivity (Wildman–Crippen MR) is 120 cm³/mol. The lowest BCUT2D eigenvalue weighted by Crippen LogP contribution is -2.29. The fraction of sp³-hybridized carbons (Fsp3) is 0.696. The van der Waals surface area contributed by atoms with E-state index in [0.29, 0.717) is 12.8 Å². The van der Waals surface area contributed by atoms with Crippen LogP contribution in [0.5, 0.6) is 0 Å². The van der Waals surface area contributed by atoms with E-state index >= 15 is 0 Å². The molecule has 0 amide bonds. The van der Waals surface area contributed by atoms with Crippen molar-refractivity contribution in [1.29, 1.82) is 0 Å². The monoisotopic (exact) mass is 490 g/mol. The minimum Gasteiger partial charge on any atom is -0.422 e. The maximum absolute atomic E-state index is 12.0. The molecule has 11 nitrogen and oxygen atoms in total. The van der Waals surface area contributed by atoms with Gasteiger partial charge in [-0.1, -0.05) is 27.0 Å². The van der Waals surface area contributed by atoms with E-state index in [1.807, 2.05) is 41.5 Å². The first-order chi connectivity index (χ1) is 15.6. The van der Waals surface area contributed by atoms with Crippen LogP contribution in [0, 0.1) is 0 Å². The van der Waals surface area contributed by atoms with Gasteiger partial charge in [0.05, 0.1) is 22.3 Å². The van der Waals surface area contributed by atoms with E-state index in [4.69, 9.17) is 38.5 Å². The Morgan fingerprint density at radius 1 is 0.676 bits per heavy atom. The molecule has 0 saturated carbocycles. The molecule has 0 aromatic carbocycles. The van der Waals surface area contributed by atoms with Crippen LogP contribution >= 0.6 is 0 Å². The molecule has 11 heteroatoms. The molecule has 0 heterocycles. The summed E-state index contributed by atoms with van der Waals surface area (Å²) in [6.07, 6.45) is -2.47. The summed E-state index contributed by atoms with van der Waals surface area (Å²) in [5.41, 5.74) is -1.15. The normalized spacial score (nSPS) is 13.4. The SMILES string of the molecule is C=C(COOC(C)(C)CC)C(=O)OC(C)OC(=O)OC(C)OC(=O)C(=C)COOC(C)(C)CC. The molecule has 0 aliphatic heterocycles. The van der Waals surface area contributed by atoms with Gasteiger partial charge in [-0.2, -0.15) is 0 Å². The molecule has 0 N–H and O–H groups in total. The number of ether oxygens (including phenoxy) is 4. The van der Waals surface area contributed by atoms with Crippen LogP contribution in [0.2, 0.25) is 0 Å². The van der Waals surface area contributed by atoms with Gasteiger partial charge in [-0.15, -0.1) is 0 Å². The quantitative estimate of drug-likeness (QED) is 0.101. The molecule has 0 rings (SSSR count). The van der Waals surface area contributed by atoms with Crippen LogP contribution in [0.3, 0.4) is 0 Å². The summed E-state index contributed by atoms with van der Waals surface area (Å²) in [5.74, 6) is -1.72. The lowest BCUT2D eigenvalue weighted by atomic mass is 10.1. The van der Waals surface area contributed by atoms with Gasteiger partial charge in [0.25, 0.3) is 0 Å². The zero-order valence-electron chi connectivity index (χ0n) is 21.4. The first-order valence-electron chi connectivity index (χ1n) is 10.9. The molecular formula is C23H38O11. The first-order valence-corrected chi connectivity index (χ1v) is 10.9. The van der Waals surface area contributed by atoms with Gasteiger partial charge in [-0.25, -0.2) is 33.9 Å². The number of rotatable bonds is 16. The predicted octanol–water partition coefficient (Wildman–Crippen LogP) is 4.30. The van der Waals surface area contributed by atoms with Crippen LogP contribution in [0.1, 0.15) is 68.2 Å². The average molecular weight is 491 g/mol. The first kappa shape index (κ1) is 31.5. The molecule has 2 unspecified atom stereocenters. The third kappa shape index (κ3) is 13.9. The molecule has 0 radical (unpaired) electrons. The van der Waals surface area contributed by atoms with E-state index in [2.05, 4.69) is 13.2 Å². The second-order valence-electron chi connectivity index (χ2n) is 8.56. The molecule has 0 bridgehead atoms. The molecule has 0 spiro atoms. The third-order valence-electron chi connectivity index (χ3n) is 4.39. The minimum absolute atomic E-state index is 0.0509. The van der Waals surface area contributed by atoms with Crippen molar-refractivity contribution < 1.29 is 52.9 Å². The maximum Gasteiger partial charge on any atom is 0.514 e. The van der Waals surface area contributed by atoms with E-state index in [0.717, 1.165) is 0 Å². The second-order valence-corrected chi connectivity index (χ2v) is 8.56. The summed E-state index contributed by atoms with van der Waals surface area (Å²) >= 11 is 0. The summed E-state index contributed by atoms with van der Waals surface area (Å²) in [7, 11) is 0. The van der Waals surface area contributed by atoms with Crippen LogP contribution in [-0.4, -0.2) is 55.1 Å².